The number of furan rings is 1. The molecule has 0 aliphatic heterocycles. The summed E-state index contributed by atoms with van der Waals surface area (Å²) in [6, 6.07) is 66.1. The van der Waals surface area contributed by atoms with Crippen molar-refractivity contribution in [3.8, 4) is 39.1 Å². The molecule has 0 spiro atoms. The number of hydrogen-bond acceptors (Lipinski definition) is 1. The van der Waals surface area contributed by atoms with Gasteiger partial charge in [0.15, 0.2) is 0 Å². The summed E-state index contributed by atoms with van der Waals surface area (Å²) in [5.41, 5.74) is 17.9. The van der Waals surface area contributed by atoms with Gasteiger partial charge in [-0.05, 0) is 111 Å². The van der Waals surface area contributed by atoms with E-state index in [4.69, 9.17) is 4.42 Å². The highest BCUT2D eigenvalue weighted by Crippen LogP contribution is 2.42. The number of benzene rings is 8. The van der Waals surface area contributed by atoms with Crippen molar-refractivity contribution in [2.75, 3.05) is 0 Å². The molecule has 0 saturated carbocycles. The monoisotopic (exact) mass is 675 g/mol. The maximum Gasteiger partial charge on any atom is 0.137 e. The number of hydrogen-bond donors (Lipinski definition) is 0. The van der Waals surface area contributed by atoms with Crippen molar-refractivity contribution < 1.29 is 4.42 Å². The van der Waals surface area contributed by atoms with Crippen LogP contribution in [0, 0.1) is 0 Å². The largest absolute Gasteiger partial charge is 0.456 e. The van der Waals surface area contributed by atoms with Crippen LogP contribution in [0.25, 0.3) is 94.5 Å². The van der Waals surface area contributed by atoms with Crippen molar-refractivity contribution in [1.29, 1.82) is 0 Å². The summed E-state index contributed by atoms with van der Waals surface area (Å²) in [4.78, 5) is 0. The molecule has 0 amide bonds. The van der Waals surface area contributed by atoms with E-state index in [-0.39, 0.29) is 0 Å². The molecule has 2 heterocycles. The van der Waals surface area contributed by atoms with Gasteiger partial charge in [0.25, 0.3) is 0 Å². The van der Waals surface area contributed by atoms with Crippen LogP contribution in [-0.4, -0.2) is 4.57 Å². The Balaban J connectivity index is 1.07. The Morgan fingerprint density at radius 1 is 0.396 bits per heavy atom. The van der Waals surface area contributed by atoms with E-state index in [2.05, 4.69) is 181 Å². The molecule has 2 heteroatoms. The van der Waals surface area contributed by atoms with Crippen molar-refractivity contribution in [1.82, 2.24) is 4.57 Å². The quantitative estimate of drug-likeness (QED) is 0.182. The Hall–Kier alpha value is -6.90. The maximum absolute atomic E-state index is 6.32. The fraction of sp³-hybridized carbons (Fsp3) is 0.0196. The van der Waals surface area contributed by atoms with Gasteiger partial charge in [0, 0.05) is 33.3 Å². The summed E-state index contributed by atoms with van der Waals surface area (Å²) in [7, 11) is 0. The molecule has 0 N–H and O–H groups in total. The molecule has 248 valence electrons. The van der Waals surface area contributed by atoms with Gasteiger partial charge in [-0.3, -0.25) is 0 Å². The number of para-hydroxylation sites is 2. The lowest BCUT2D eigenvalue weighted by Gasteiger charge is -2.14. The molecule has 1 aliphatic carbocycles. The summed E-state index contributed by atoms with van der Waals surface area (Å²) < 4.78 is 8.69. The molecule has 1 aliphatic rings. The molecule has 8 aromatic carbocycles. The van der Waals surface area contributed by atoms with E-state index in [1.807, 2.05) is 12.1 Å². The lowest BCUT2D eigenvalue weighted by molar-refractivity contribution is 0.668. The van der Waals surface area contributed by atoms with Gasteiger partial charge in [-0.25, -0.2) is 0 Å². The molecule has 0 atom stereocenters. The van der Waals surface area contributed by atoms with Gasteiger partial charge in [0.05, 0.1) is 11.0 Å². The van der Waals surface area contributed by atoms with Gasteiger partial charge < -0.3 is 8.98 Å². The van der Waals surface area contributed by atoms with Gasteiger partial charge in [-0.2, -0.15) is 0 Å². The first-order valence-corrected chi connectivity index (χ1v) is 18.3. The summed E-state index contributed by atoms with van der Waals surface area (Å²) in [6.45, 7) is 0. The van der Waals surface area contributed by atoms with E-state index in [1.54, 1.807) is 0 Å². The van der Waals surface area contributed by atoms with Crippen LogP contribution in [0.2, 0.25) is 0 Å². The standard InChI is InChI=1S/C51H33NO/c1-3-11-33(12-4-1)35-19-21-38-27-40(34-13-5-2-6-14-34)28-39-22-20-36(30-46(39)45(38)29-35)37-23-26-49-47(31-37)42-15-7-9-17-48(42)52(49)41-24-25-44-43-16-8-10-18-50(43)53-51(44)32-41/h1-27,29-32H,28H2. The van der Waals surface area contributed by atoms with E-state index >= 15 is 0 Å². The molecule has 0 radical (unpaired) electrons. The average molecular weight is 676 g/mol. The lowest BCUT2D eigenvalue weighted by Crippen LogP contribution is -1.94. The second-order valence-corrected chi connectivity index (χ2v) is 14.1. The average Bonchev–Trinajstić information content (AvgIpc) is 3.70. The Kier molecular flexibility index (Phi) is 6.65. The summed E-state index contributed by atoms with van der Waals surface area (Å²) in [5, 5.41) is 4.75. The van der Waals surface area contributed by atoms with E-state index < -0.39 is 0 Å². The van der Waals surface area contributed by atoms with Crippen LogP contribution in [-0.2, 0) is 6.42 Å². The zero-order valence-corrected chi connectivity index (χ0v) is 29.0. The molecule has 11 rings (SSSR count). The number of rotatable bonds is 4. The van der Waals surface area contributed by atoms with E-state index in [0.717, 1.165) is 34.0 Å². The van der Waals surface area contributed by atoms with Crippen LogP contribution in [0.4, 0.5) is 0 Å². The van der Waals surface area contributed by atoms with Crippen LogP contribution in [0.5, 0.6) is 0 Å². The number of aromatic nitrogens is 1. The van der Waals surface area contributed by atoms with Crippen LogP contribution < -0.4 is 0 Å². The smallest absolute Gasteiger partial charge is 0.137 e. The van der Waals surface area contributed by atoms with Crippen LogP contribution in [0.15, 0.2) is 186 Å². The van der Waals surface area contributed by atoms with Gasteiger partial charge in [0.2, 0.25) is 0 Å². The first-order chi connectivity index (χ1) is 26.2. The van der Waals surface area contributed by atoms with Gasteiger partial charge in [-0.1, -0.05) is 133 Å². The minimum absolute atomic E-state index is 0.872. The SMILES string of the molecule is C1=C(c2ccccc2)Cc2ccc(-c3ccc4c(c3)c3ccccc3n4-c3ccc4c(c3)oc3ccccc34)cc2-c2cc(-c3ccccc3)ccc21. The fourth-order valence-electron chi connectivity index (χ4n) is 8.45. The van der Waals surface area contributed by atoms with E-state index in [1.165, 1.54) is 77.5 Å². The first kappa shape index (κ1) is 29.8. The van der Waals surface area contributed by atoms with Crippen molar-refractivity contribution in [2.24, 2.45) is 0 Å². The van der Waals surface area contributed by atoms with Crippen LogP contribution in [0.1, 0.15) is 16.7 Å². The van der Waals surface area contributed by atoms with Crippen LogP contribution >= 0.6 is 0 Å². The third kappa shape index (κ3) is 4.87. The molecule has 0 saturated heterocycles. The van der Waals surface area contributed by atoms with E-state index in [9.17, 15) is 0 Å². The van der Waals surface area contributed by atoms with Crippen LogP contribution in [0.3, 0.4) is 0 Å². The summed E-state index contributed by atoms with van der Waals surface area (Å²) >= 11 is 0. The molecule has 0 unspecified atom stereocenters. The predicted molar refractivity (Wildman–Crippen MR) is 222 cm³/mol. The molecule has 10 aromatic rings. The highest BCUT2D eigenvalue weighted by atomic mass is 16.3. The molecule has 0 fully saturated rings. The van der Waals surface area contributed by atoms with Gasteiger partial charge in [0.1, 0.15) is 11.2 Å². The van der Waals surface area contributed by atoms with Gasteiger partial charge in [-0.15, -0.1) is 0 Å². The minimum atomic E-state index is 0.872. The zero-order chi connectivity index (χ0) is 34.9. The second-order valence-electron chi connectivity index (χ2n) is 14.1. The topological polar surface area (TPSA) is 18.1 Å². The fourth-order valence-corrected chi connectivity index (χ4v) is 8.45. The Morgan fingerprint density at radius 2 is 1.04 bits per heavy atom. The Labute approximate surface area is 307 Å². The third-order valence-electron chi connectivity index (χ3n) is 11.0. The highest BCUT2D eigenvalue weighted by Gasteiger charge is 2.20. The molecule has 53 heavy (non-hydrogen) atoms. The zero-order valence-electron chi connectivity index (χ0n) is 29.0. The van der Waals surface area contributed by atoms with Crippen molar-refractivity contribution >= 4 is 55.4 Å². The minimum Gasteiger partial charge on any atom is -0.456 e. The third-order valence-corrected chi connectivity index (χ3v) is 11.0. The Morgan fingerprint density at radius 3 is 1.91 bits per heavy atom. The number of allylic oxidation sites excluding steroid dienone is 1. The molecule has 2 nitrogen and oxygen atoms in total. The van der Waals surface area contributed by atoms with Crippen molar-refractivity contribution in [2.45, 2.75) is 6.42 Å². The number of fused-ring (bicyclic) bond motifs is 9. The summed E-state index contributed by atoms with van der Waals surface area (Å²) in [6.07, 6.45) is 3.26. The first-order valence-electron chi connectivity index (χ1n) is 18.3. The molecule has 0 bridgehead atoms. The normalized spacial score (nSPS) is 12.6. The predicted octanol–water partition coefficient (Wildman–Crippen LogP) is 13.8. The van der Waals surface area contributed by atoms with Gasteiger partial charge >= 0.3 is 0 Å². The maximum atomic E-state index is 6.32. The Bertz CT molecular complexity index is 3070. The van der Waals surface area contributed by atoms with Crippen molar-refractivity contribution in [3.05, 3.63) is 199 Å². The molecular formula is C51H33NO. The lowest BCUT2D eigenvalue weighted by atomic mass is 9.90. The number of nitrogens with zero attached hydrogens (tertiary/aromatic N) is 1. The highest BCUT2D eigenvalue weighted by molar-refractivity contribution is 6.11. The molecular weight excluding hydrogens is 643 g/mol. The summed E-state index contributed by atoms with van der Waals surface area (Å²) in [5.74, 6) is 0. The van der Waals surface area contributed by atoms with E-state index in [0.29, 0.717) is 0 Å². The van der Waals surface area contributed by atoms with Crippen molar-refractivity contribution in [3.63, 3.8) is 0 Å². The second kappa shape index (κ2) is 11.8. The molecule has 2 aromatic heterocycles.